The van der Waals surface area contributed by atoms with Crippen LogP contribution in [0.25, 0.3) is 10.9 Å². The Morgan fingerprint density at radius 1 is 1.40 bits per heavy atom. The number of carbonyl (C=O) groups is 1. The van der Waals surface area contributed by atoms with Gasteiger partial charge in [0.1, 0.15) is 0 Å². The molecule has 2 rings (SSSR count). The third-order valence-electron chi connectivity index (χ3n) is 2.28. The highest BCUT2D eigenvalue weighted by molar-refractivity contribution is 6.00. The Kier molecular flexibility index (Phi) is 2.20. The normalized spacial score (nSPS) is 9.93. The van der Waals surface area contributed by atoms with E-state index in [9.17, 15) is 9.59 Å². The van der Waals surface area contributed by atoms with Gasteiger partial charge in [-0.2, -0.15) is 0 Å². The largest absolute Gasteiger partial charge is 0.351 e. The molecule has 0 aliphatic carbocycles. The fourth-order valence-electron chi connectivity index (χ4n) is 1.52. The van der Waals surface area contributed by atoms with Gasteiger partial charge in [-0.05, 0) is 24.3 Å². The van der Waals surface area contributed by atoms with Crippen molar-refractivity contribution in [2.45, 2.75) is 0 Å². The standard InChI is InChI=1S/C11H8N2O2/c1-13-5-4-8-6-9(2-3-10(8)13)11(15)12-7-14/h2-6H,1H3. The molecular formula is C11H8N2O2. The van der Waals surface area contributed by atoms with Crippen molar-refractivity contribution in [3.63, 3.8) is 0 Å². The van der Waals surface area contributed by atoms with Gasteiger partial charge in [0.15, 0.2) is 0 Å². The minimum absolute atomic E-state index is 0.400. The van der Waals surface area contributed by atoms with Crippen molar-refractivity contribution in [3.05, 3.63) is 36.0 Å². The SMILES string of the molecule is Cn1ccc2cc(C(=O)N=C=O)ccc21. The summed E-state index contributed by atoms with van der Waals surface area (Å²) in [5, 5.41) is 0.949. The lowest BCUT2D eigenvalue weighted by Crippen LogP contribution is -1.94. The molecule has 1 aromatic carbocycles. The maximum Gasteiger partial charge on any atom is 0.287 e. The number of fused-ring (bicyclic) bond motifs is 1. The van der Waals surface area contributed by atoms with Crippen molar-refractivity contribution in [2.24, 2.45) is 12.0 Å². The Morgan fingerprint density at radius 2 is 2.20 bits per heavy atom. The van der Waals surface area contributed by atoms with Gasteiger partial charge in [-0.15, -0.1) is 4.99 Å². The quantitative estimate of drug-likeness (QED) is 0.519. The molecule has 0 saturated heterocycles. The summed E-state index contributed by atoms with van der Waals surface area (Å²) in [6.07, 6.45) is 3.14. The second-order valence-electron chi connectivity index (χ2n) is 3.21. The Balaban J connectivity index is 2.56. The van der Waals surface area contributed by atoms with E-state index in [0.717, 1.165) is 10.9 Å². The highest BCUT2D eigenvalue weighted by Gasteiger charge is 2.05. The Morgan fingerprint density at radius 3 is 2.93 bits per heavy atom. The number of carbonyl (C=O) groups excluding carboxylic acids is 2. The number of rotatable bonds is 1. The molecule has 74 valence electrons. The van der Waals surface area contributed by atoms with Gasteiger partial charge in [0.25, 0.3) is 5.91 Å². The van der Waals surface area contributed by atoms with E-state index in [1.54, 1.807) is 12.1 Å². The second-order valence-corrected chi connectivity index (χ2v) is 3.21. The van der Waals surface area contributed by atoms with Crippen LogP contribution in [0, 0.1) is 0 Å². The molecule has 15 heavy (non-hydrogen) atoms. The van der Waals surface area contributed by atoms with E-state index in [0.29, 0.717) is 5.56 Å². The van der Waals surface area contributed by atoms with E-state index in [1.807, 2.05) is 29.9 Å². The average Bonchev–Trinajstić information content (AvgIpc) is 2.60. The van der Waals surface area contributed by atoms with Crippen LogP contribution in [0.1, 0.15) is 10.4 Å². The summed E-state index contributed by atoms with van der Waals surface area (Å²) in [6, 6.07) is 7.07. The van der Waals surface area contributed by atoms with Crippen molar-refractivity contribution < 1.29 is 9.59 Å². The number of aliphatic imine (C=N–C) groups is 1. The van der Waals surface area contributed by atoms with Crippen molar-refractivity contribution >= 4 is 22.9 Å². The smallest absolute Gasteiger partial charge is 0.287 e. The van der Waals surface area contributed by atoms with Crippen LogP contribution < -0.4 is 0 Å². The predicted molar refractivity (Wildman–Crippen MR) is 55.4 cm³/mol. The summed E-state index contributed by atoms with van der Waals surface area (Å²) in [5.74, 6) is -0.559. The van der Waals surface area contributed by atoms with Crippen LogP contribution in [-0.2, 0) is 11.8 Å². The van der Waals surface area contributed by atoms with Crippen molar-refractivity contribution in [1.82, 2.24) is 4.57 Å². The molecule has 4 nitrogen and oxygen atoms in total. The predicted octanol–water partition coefficient (Wildman–Crippen LogP) is 1.65. The van der Waals surface area contributed by atoms with Gasteiger partial charge in [0.05, 0.1) is 0 Å². The van der Waals surface area contributed by atoms with Crippen LogP contribution in [0.15, 0.2) is 35.5 Å². The molecule has 0 radical (unpaired) electrons. The Hall–Kier alpha value is -2.19. The third-order valence-corrected chi connectivity index (χ3v) is 2.28. The highest BCUT2D eigenvalue weighted by Crippen LogP contribution is 2.16. The number of aryl methyl sites for hydroxylation is 1. The number of nitrogens with zero attached hydrogens (tertiary/aromatic N) is 2. The molecule has 0 unspecified atom stereocenters. The van der Waals surface area contributed by atoms with Crippen LogP contribution in [0.4, 0.5) is 0 Å². The zero-order valence-electron chi connectivity index (χ0n) is 8.10. The van der Waals surface area contributed by atoms with Crippen LogP contribution in [0.2, 0.25) is 0 Å². The Bertz CT molecular complexity index is 577. The fourth-order valence-corrected chi connectivity index (χ4v) is 1.52. The number of benzene rings is 1. The molecule has 0 N–H and O–H groups in total. The van der Waals surface area contributed by atoms with Crippen LogP contribution in [0.5, 0.6) is 0 Å². The number of hydrogen-bond acceptors (Lipinski definition) is 2. The lowest BCUT2D eigenvalue weighted by molar-refractivity contribution is 0.100. The summed E-state index contributed by atoms with van der Waals surface area (Å²) in [5.41, 5.74) is 1.43. The van der Waals surface area contributed by atoms with Crippen LogP contribution in [0.3, 0.4) is 0 Å². The van der Waals surface area contributed by atoms with Crippen LogP contribution >= 0.6 is 0 Å². The monoisotopic (exact) mass is 200 g/mol. The van der Waals surface area contributed by atoms with Crippen LogP contribution in [-0.4, -0.2) is 16.6 Å². The van der Waals surface area contributed by atoms with Gasteiger partial charge < -0.3 is 4.57 Å². The maximum atomic E-state index is 11.3. The van der Waals surface area contributed by atoms with Gasteiger partial charge in [-0.3, -0.25) is 4.79 Å². The minimum Gasteiger partial charge on any atom is -0.351 e. The molecular weight excluding hydrogens is 192 g/mol. The van der Waals surface area contributed by atoms with E-state index in [-0.39, 0.29) is 0 Å². The van der Waals surface area contributed by atoms with Gasteiger partial charge in [-0.25, -0.2) is 4.79 Å². The van der Waals surface area contributed by atoms with Crippen molar-refractivity contribution in [1.29, 1.82) is 0 Å². The number of aromatic nitrogens is 1. The van der Waals surface area contributed by atoms with E-state index < -0.39 is 5.91 Å². The van der Waals surface area contributed by atoms with Gasteiger partial charge in [0, 0.05) is 29.7 Å². The summed E-state index contributed by atoms with van der Waals surface area (Å²) in [4.78, 5) is 24.3. The Labute approximate surface area is 85.8 Å². The molecule has 0 atom stereocenters. The topological polar surface area (TPSA) is 51.4 Å². The summed E-state index contributed by atoms with van der Waals surface area (Å²) in [6.45, 7) is 0. The molecule has 2 aromatic rings. The summed E-state index contributed by atoms with van der Waals surface area (Å²) < 4.78 is 1.95. The van der Waals surface area contributed by atoms with E-state index in [1.165, 1.54) is 6.08 Å². The average molecular weight is 200 g/mol. The number of isocyanates is 1. The number of amides is 1. The second kappa shape index (κ2) is 3.52. The van der Waals surface area contributed by atoms with Crippen molar-refractivity contribution in [2.75, 3.05) is 0 Å². The molecule has 0 spiro atoms. The lowest BCUT2D eigenvalue weighted by Gasteiger charge is -1.97. The molecule has 0 fully saturated rings. The van der Waals surface area contributed by atoms with E-state index in [2.05, 4.69) is 4.99 Å². The maximum absolute atomic E-state index is 11.3. The molecule has 1 heterocycles. The zero-order valence-corrected chi connectivity index (χ0v) is 8.10. The third kappa shape index (κ3) is 1.58. The van der Waals surface area contributed by atoms with E-state index in [4.69, 9.17) is 0 Å². The van der Waals surface area contributed by atoms with Gasteiger partial charge in [0.2, 0.25) is 6.08 Å². The summed E-state index contributed by atoms with van der Waals surface area (Å²) in [7, 11) is 1.92. The van der Waals surface area contributed by atoms with Gasteiger partial charge >= 0.3 is 0 Å². The van der Waals surface area contributed by atoms with Crippen molar-refractivity contribution in [3.8, 4) is 0 Å². The first-order valence-corrected chi connectivity index (χ1v) is 4.39. The first-order valence-electron chi connectivity index (χ1n) is 4.39. The number of hydrogen-bond donors (Lipinski definition) is 0. The highest BCUT2D eigenvalue weighted by atomic mass is 16.2. The molecule has 0 aliphatic rings. The molecule has 1 amide bonds. The molecule has 1 aromatic heterocycles. The minimum atomic E-state index is -0.559. The zero-order chi connectivity index (χ0) is 10.8. The molecule has 0 bridgehead atoms. The van der Waals surface area contributed by atoms with Gasteiger partial charge in [-0.1, -0.05) is 0 Å². The molecule has 4 heteroatoms. The summed E-state index contributed by atoms with van der Waals surface area (Å²) >= 11 is 0. The fraction of sp³-hybridized carbons (Fsp3) is 0.0909. The molecule has 0 saturated carbocycles. The molecule has 0 aliphatic heterocycles. The lowest BCUT2D eigenvalue weighted by atomic mass is 10.1. The first-order chi connectivity index (χ1) is 7.22. The first kappa shape index (κ1) is 9.37. The van der Waals surface area contributed by atoms with E-state index >= 15 is 0 Å².